The molecule has 2 aliphatic rings. The summed E-state index contributed by atoms with van der Waals surface area (Å²) in [7, 11) is -3.86. The van der Waals surface area contributed by atoms with Crippen molar-refractivity contribution in [3.8, 4) is 0 Å². The van der Waals surface area contributed by atoms with Gasteiger partial charge in [-0.3, -0.25) is 9.52 Å². The minimum atomic E-state index is -3.86. The van der Waals surface area contributed by atoms with Gasteiger partial charge in [0.15, 0.2) is 5.78 Å². The van der Waals surface area contributed by atoms with Gasteiger partial charge in [-0.2, -0.15) is 0 Å². The molecule has 0 amide bonds. The lowest BCUT2D eigenvalue weighted by atomic mass is 9.81. The van der Waals surface area contributed by atoms with Crippen molar-refractivity contribution in [2.75, 3.05) is 16.6 Å². The van der Waals surface area contributed by atoms with E-state index in [-0.39, 0.29) is 39.7 Å². The molecule has 0 aliphatic carbocycles. The molecule has 1 saturated heterocycles. The Morgan fingerprint density at radius 3 is 2.47 bits per heavy atom. The molecule has 0 radical (unpaired) electrons. The first-order chi connectivity index (χ1) is 17.1. The molecule has 9 heteroatoms. The maximum absolute atomic E-state index is 13.1. The highest BCUT2D eigenvalue weighted by molar-refractivity contribution is 7.92. The number of ether oxygens (including phenoxy) is 1. The van der Waals surface area contributed by atoms with Gasteiger partial charge >= 0.3 is 0 Å². The second-order valence-electron chi connectivity index (χ2n) is 9.49. The van der Waals surface area contributed by atoms with Gasteiger partial charge in [-0.05, 0) is 48.4 Å². The molecule has 0 bridgehead atoms. The molecule has 2 N–H and O–H groups in total. The van der Waals surface area contributed by atoms with Crippen LogP contribution in [0, 0.1) is 11.8 Å². The predicted octanol–water partition coefficient (Wildman–Crippen LogP) is 6.88. The van der Waals surface area contributed by atoms with Crippen molar-refractivity contribution in [1.82, 2.24) is 0 Å². The number of ketones is 1. The van der Waals surface area contributed by atoms with Crippen molar-refractivity contribution < 1.29 is 17.9 Å². The Hall–Kier alpha value is -2.58. The van der Waals surface area contributed by atoms with Crippen LogP contribution in [-0.2, 0) is 14.8 Å². The van der Waals surface area contributed by atoms with Crippen molar-refractivity contribution in [1.29, 1.82) is 0 Å². The third kappa shape index (κ3) is 4.73. The lowest BCUT2D eigenvalue weighted by Crippen LogP contribution is -2.29. The number of halogens is 2. The SMILES string of the molecule is CC(C)C(=O)c1ccc(C2Nc3ccc(S(=O)(=O)Nc4ccc(Cl)c(Cl)c4)cc3[C@H]3OCC[C@@H]23)cc1. The van der Waals surface area contributed by atoms with Crippen LogP contribution in [0.15, 0.2) is 65.6 Å². The van der Waals surface area contributed by atoms with Crippen molar-refractivity contribution in [2.45, 2.75) is 37.3 Å². The fourth-order valence-corrected chi connectivity index (χ4v) is 6.29. The number of benzene rings is 3. The van der Waals surface area contributed by atoms with Crippen LogP contribution in [0.4, 0.5) is 11.4 Å². The van der Waals surface area contributed by atoms with E-state index < -0.39 is 10.0 Å². The van der Waals surface area contributed by atoms with Gasteiger partial charge in [0.1, 0.15) is 0 Å². The number of anilines is 2. The van der Waals surface area contributed by atoms with E-state index in [1.54, 1.807) is 30.3 Å². The number of fused-ring (bicyclic) bond motifs is 3. The lowest BCUT2D eigenvalue weighted by molar-refractivity contribution is 0.0827. The van der Waals surface area contributed by atoms with Gasteiger partial charge < -0.3 is 10.1 Å². The second-order valence-corrected chi connectivity index (χ2v) is 12.0. The average molecular weight is 545 g/mol. The Kier molecular flexibility index (Phi) is 6.76. The number of Topliss-reactive ketones (excluding diaryl/α,β-unsaturated/α-hetero) is 1. The van der Waals surface area contributed by atoms with Gasteiger partial charge in [-0.15, -0.1) is 0 Å². The van der Waals surface area contributed by atoms with Gasteiger partial charge in [0.2, 0.25) is 0 Å². The molecular formula is C27H26Cl2N2O4S. The molecule has 3 aromatic rings. The van der Waals surface area contributed by atoms with Crippen LogP contribution in [0.2, 0.25) is 10.0 Å². The van der Waals surface area contributed by atoms with E-state index in [2.05, 4.69) is 10.0 Å². The van der Waals surface area contributed by atoms with Crippen LogP contribution >= 0.6 is 23.2 Å². The molecule has 3 aromatic carbocycles. The molecule has 0 spiro atoms. The summed E-state index contributed by atoms with van der Waals surface area (Å²) in [6.45, 7) is 4.38. The highest BCUT2D eigenvalue weighted by Crippen LogP contribution is 2.50. The van der Waals surface area contributed by atoms with Gasteiger partial charge in [0, 0.05) is 35.3 Å². The molecule has 0 saturated carbocycles. The average Bonchev–Trinajstić information content (AvgIpc) is 3.35. The third-order valence-corrected chi connectivity index (χ3v) is 8.88. The monoisotopic (exact) mass is 544 g/mol. The van der Waals surface area contributed by atoms with Crippen molar-refractivity contribution in [2.24, 2.45) is 11.8 Å². The minimum Gasteiger partial charge on any atom is -0.378 e. The minimum absolute atomic E-state index is 0.00927. The van der Waals surface area contributed by atoms with E-state index in [0.29, 0.717) is 22.9 Å². The zero-order chi connectivity index (χ0) is 25.6. The van der Waals surface area contributed by atoms with Crippen LogP contribution in [0.1, 0.15) is 53.9 Å². The highest BCUT2D eigenvalue weighted by Gasteiger charge is 2.42. The van der Waals surface area contributed by atoms with Gasteiger partial charge in [0.25, 0.3) is 10.0 Å². The zero-order valence-electron chi connectivity index (χ0n) is 19.8. The number of rotatable bonds is 6. The topological polar surface area (TPSA) is 84.5 Å². The molecule has 2 aliphatic heterocycles. The fourth-order valence-electron chi connectivity index (χ4n) is 4.91. The second kappa shape index (κ2) is 9.71. The highest BCUT2D eigenvalue weighted by atomic mass is 35.5. The molecule has 6 nitrogen and oxygen atoms in total. The van der Waals surface area contributed by atoms with Crippen molar-refractivity contribution >= 4 is 50.4 Å². The largest absolute Gasteiger partial charge is 0.378 e. The smallest absolute Gasteiger partial charge is 0.261 e. The summed E-state index contributed by atoms with van der Waals surface area (Å²) in [5, 5.41) is 4.20. The fraction of sp³-hybridized carbons (Fsp3) is 0.296. The van der Waals surface area contributed by atoms with Crippen LogP contribution in [-0.4, -0.2) is 20.8 Å². The molecule has 5 rings (SSSR count). The summed E-state index contributed by atoms with van der Waals surface area (Å²) in [5.74, 6) is 0.193. The molecule has 2 heterocycles. The van der Waals surface area contributed by atoms with E-state index in [1.165, 1.54) is 6.07 Å². The van der Waals surface area contributed by atoms with Crippen molar-refractivity contribution in [3.63, 3.8) is 0 Å². The summed E-state index contributed by atoms with van der Waals surface area (Å²) in [6, 6.07) is 17.3. The number of carbonyl (C=O) groups is 1. The van der Waals surface area contributed by atoms with E-state index >= 15 is 0 Å². The number of carbonyl (C=O) groups excluding carboxylic acids is 1. The molecule has 1 unspecified atom stereocenters. The van der Waals surface area contributed by atoms with E-state index in [0.717, 1.165) is 23.2 Å². The number of hydrogen-bond acceptors (Lipinski definition) is 5. The Morgan fingerprint density at radius 1 is 1.03 bits per heavy atom. The van der Waals surface area contributed by atoms with Crippen LogP contribution in [0.3, 0.4) is 0 Å². The number of nitrogens with one attached hydrogen (secondary N) is 2. The summed E-state index contributed by atoms with van der Waals surface area (Å²) >= 11 is 12.0. The van der Waals surface area contributed by atoms with E-state index in [4.69, 9.17) is 27.9 Å². The Bertz CT molecular complexity index is 1420. The molecular weight excluding hydrogens is 519 g/mol. The van der Waals surface area contributed by atoms with E-state index in [9.17, 15) is 13.2 Å². The lowest BCUT2D eigenvalue weighted by Gasteiger charge is -2.36. The van der Waals surface area contributed by atoms with Crippen LogP contribution in [0.25, 0.3) is 0 Å². The van der Waals surface area contributed by atoms with Crippen molar-refractivity contribution in [3.05, 3.63) is 87.4 Å². The van der Waals surface area contributed by atoms with Crippen LogP contribution < -0.4 is 10.0 Å². The van der Waals surface area contributed by atoms with Gasteiger partial charge in [-0.1, -0.05) is 61.3 Å². The maximum Gasteiger partial charge on any atom is 0.261 e. The molecule has 1 fully saturated rings. The maximum atomic E-state index is 13.1. The van der Waals surface area contributed by atoms with Gasteiger partial charge in [0.05, 0.1) is 32.8 Å². The number of sulfonamides is 1. The summed E-state index contributed by atoms with van der Waals surface area (Å²) < 4.78 is 34.9. The Labute approximate surface area is 221 Å². The third-order valence-electron chi connectivity index (χ3n) is 6.77. The number of hydrogen-bond donors (Lipinski definition) is 2. The van der Waals surface area contributed by atoms with Crippen LogP contribution in [0.5, 0.6) is 0 Å². The Balaban J connectivity index is 1.43. The molecule has 188 valence electrons. The van der Waals surface area contributed by atoms with Gasteiger partial charge in [-0.25, -0.2) is 8.42 Å². The quantitative estimate of drug-likeness (QED) is 0.330. The summed E-state index contributed by atoms with van der Waals surface area (Å²) in [4.78, 5) is 12.5. The normalized spacial score (nSPS) is 21.0. The predicted molar refractivity (Wildman–Crippen MR) is 142 cm³/mol. The van der Waals surface area contributed by atoms with E-state index in [1.807, 2.05) is 38.1 Å². The standard InChI is InChI=1S/C27H26Cl2N2O4S/c1-15(2)26(32)17-5-3-16(4-6-17)25-20-11-12-35-27(20)21-14-19(8-10-24(21)30-25)36(33,34)31-18-7-9-22(28)23(29)13-18/h3-10,13-15,20,25,27,30-31H,11-12H2,1-2H3/t20-,25?,27-/m0/s1. The molecule has 0 aromatic heterocycles. The first kappa shape index (κ1) is 25.1. The summed E-state index contributed by atoms with van der Waals surface area (Å²) in [5.41, 5.74) is 3.75. The first-order valence-corrected chi connectivity index (χ1v) is 14.0. The molecule has 36 heavy (non-hydrogen) atoms. The first-order valence-electron chi connectivity index (χ1n) is 11.8. The zero-order valence-corrected chi connectivity index (χ0v) is 22.1. The molecule has 3 atom stereocenters. The summed E-state index contributed by atoms with van der Waals surface area (Å²) in [6.07, 6.45) is 0.607. The Morgan fingerprint density at radius 2 is 1.78 bits per heavy atom.